The molecule has 0 rings (SSSR count). The first kappa shape index (κ1) is 15.6. The first-order valence-corrected chi connectivity index (χ1v) is 5.71. The molecule has 0 radical (unpaired) electrons. The lowest BCUT2D eigenvalue weighted by atomic mass is 10.0. The molecule has 0 saturated carbocycles. The summed E-state index contributed by atoms with van der Waals surface area (Å²) >= 11 is 0. The van der Waals surface area contributed by atoms with E-state index in [2.05, 4.69) is 10.1 Å². The molecule has 0 aromatic heterocycles. The first-order chi connectivity index (χ1) is 7.79. The predicted octanol–water partition coefficient (Wildman–Crippen LogP) is 0.915. The molecule has 0 aromatic rings. The Hall–Kier alpha value is -1.39. The van der Waals surface area contributed by atoms with Gasteiger partial charge in [0.2, 0.25) is 5.78 Å². The fourth-order valence-corrected chi connectivity index (χ4v) is 1.31. The summed E-state index contributed by atoms with van der Waals surface area (Å²) in [6.07, 6.45) is 0.178. The summed E-state index contributed by atoms with van der Waals surface area (Å²) in [7, 11) is 1.25. The van der Waals surface area contributed by atoms with E-state index < -0.39 is 23.7 Å². The molecular formula is C12H21NO4. The molecule has 0 unspecified atom stereocenters. The van der Waals surface area contributed by atoms with E-state index in [0.29, 0.717) is 0 Å². The molecule has 0 spiro atoms. The number of amides is 1. The highest BCUT2D eigenvalue weighted by atomic mass is 16.5. The van der Waals surface area contributed by atoms with E-state index in [4.69, 9.17) is 0 Å². The van der Waals surface area contributed by atoms with Crippen LogP contribution in [0.3, 0.4) is 0 Å². The summed E-state index contributed by atoms with van der Waals surface area (Å²) in [5, 5.41) is 2.41. The Kier molecular flexibility index (Phi) is 6.46. The average Bonchev–Trinajstić information content (AvgIpc) is 2.22. The number of esters is 1. The Morgan fingerprint density at radius 2 is 1.65 bits per heavy atom. The molecule has 17 heavy (non-hydrogen) atoms. The third kappa shape index (κ3) is 5.47. The standard InChI is InChI=1S/C12H21NO4/c1-7(2)6-9(14)11(15)13-10(8(3)4)12(16)17-5/h7-8,10H,6H2,1-5H3,(H,13,15)/t10-/m0/s1. The zero-order valence-electron chi connectivity index (χ0n) is 11.1. The van der Waals surface area contributed by atoms with Crippen LogP contribution in [0.4, 0.5) is 0 Å². The minimum Gasteiger partial charge on any atom is -0.467 e. The largest absolute Gasteiger partial charge is 0.467 e. The van der Waals surface area contributed by atoms with Gasteiger partial charge in [-0.25, -0.2) is 4.79 Å². The molecular weight excluding hydrogens is 222 g/mol. The van der Waals surface area contributed by atoms with Crippen molar-refractivity contribution >= 4 is 17.7 Å². The average molecular weight is 243 g/mol. The Bertz CT molecular complexity index is 297. The maximum absolute atomic E-state index is 11.5. The van der Waals surface area contributed by atoms with Crippen molar-refractivity contribution in [2.75, 3.05) is 7.11 Å². The molecule has 5 nitrogen and oxygen atoms in total. The molecule has 1 N–H and O–H groups in total. The fourth-order valence-electron chi connectivity index (χ4n) is 1.31. The van der Waals surface area contributed by atoms with E-state index in [9.17, 15) is 14.4 Å². The summed E-state index contributed by atoms with van der Waals surface area (Å²) < 4.78 is 4.57. The zero-order valence-corrected chi connectivity index (χ0v) is 11.1. The SMILES string of the molecule is COC(=O)[C@@H](NC(=O)C(=O)CC(C)C)C(C)C. The smallest absolute Gasteiger partial charge is 0.328 e. The molecule has 0 aromatic carbocycles. The van der Waals surface area contributed by atoms with Crippen LogP contribution in [-0.2, 0) is 19.1 Å². The number of rotatable bonds is 6. The van der Waals surface area contributed by atoms with E-state index in [-0.39, 0.29) is 18.3 Å². The number of ketones is 1. The maximum Gasteiger partial charge on any atom is 0.328 e. The van der Waals surface area contributed by atoms with Gasteiger partial charge in [0.05, 0.1) is 7.11 Å². The number of hydrogen-bond acceptors (Lipinski definition) is 4. The monoisotopic (exact) mass is 243 g/mol. The summed E-state index contributed by atoms with van der Waals surface area (Å²) in [6.45, 7) is 7.25. The Labute approximate surface area is 102 Å². The second kappa shape index (κ2) is 7.04. The van der Waals surface area contributed by atoms with Crippen molar-refractivity contribution in [3.05, 3.63) is 0 Å². The van der Waals surface area contributed by atoms with Crippen LogP contribution in [0.1, 0.15) is 34.1 Å². The van der Waals surface area contributed by atoms with Crippen molar-refractivity contribution in [1.29, 1.82) is 0 Å². The van der Waals surface area contributed by atoms with Gasteiger partial charge in [-0.15, -0.1) is 0 Å². The highest BCUT2D eigenvalue weighted by molar-refractivity contribution is 6.36. The quantitative estimate of drug-likeness (QED) is 0.556. The van der Waals surface area contributed by atoms with Gasteiger partial charge in [-0.05, 0) is 11.8 Å². The van der Waals surface area contributed by atoms with Gasteiger partial charge in [-0.3, -0.25) is 9.59 Å². The summed E-state index contributed by atoms with van der Waals surface area (Å²) in [5.74, 6) is -1.77. The Morgan fingerprint density at radius 3 is 2.00 bits per heavy atom. The Balaban J connectivity index is 4.51. The van der Waals surface area contributed by atoms with Gasteiger partial charge in [-0.1, -0.05) is 27.7 Å². The van der Waals surface area contributed by atoms with Gasteiger partial charge >= 0.3 is 5.97 Å². The van der Waals surface area contributed by atoms with Crippen LogP contribution in [-0.4, -0.2) is 30.8 Å². The van der Waals surface area contributed by atoms with Crippen LogP contribution < -0.4 is 5.32 Å². The van der Waals surface area contributed by atoms with Gasteiger partial charge in [0.1, 0.15) is 6.04 Å². The third-order valence-electron chi connectivity index (χ3n) is 2.26. The number of ether oxygens (including phenoxy) is 1. The number of carbonyl (C=O) groups excluding carboxylic acids is 3. The lowest BCUT2D eigenvalue weighted by Crippen LogP contribution is -2.47. The van der Waals surface area contributed by atoms with Crippen LogP contribution in [0, 0.1) is 11.8 Å². The maximum atomic E-state index is 11.5. The first-order valence-electron chi connectivity index (χ1n) is 5.71. The minimum absolute atomic E-state index is 0.115. The number of hydrogen-bond donors (Lipinski definition) is 1. The molecule has 0 aliphatic rings. The molecule has 1 atom stereocenters. The second-order valence-corrected chi connectivity index (χ2v) is 4.74. The molecule has 0 aliphatic carbocycles. The summed E-state index contributed by atoms with van der Waals surface area (Å²) in [4.78, 5) is 34.4. The van der Waals surface area contributed by atoms with Crippen LogP contribution in [0.5, 0.6) is 0 Å². The van der Waals surface area contributed by atoms with E-state index in [1.807, 2.05) is 13.8 Å². The molecule has 0 aliphatic heterocycles. The van der Waals surface area contributed by atoms with E-state index in [1.54, 1.807) is 13.8 Å². The summed E-state index contributed by atoms with van der Waals surface area (Å²) in [5.41, 5.74) is 0. The van der Waals surface area contributed by atoms with Crippen molar-refractivity contribution in [2.45, 2.75) is 40.2 Å². The minimum atomic E-state index is -0.774. The van der Waals surface area contributed by atoms with Gasteiger partial charge in [-0.2, -0.15) is 0 Å². The zero-order chi connectivity index (χ0) is 13.6. The normalized spacial score (nSPS) is 12.4. The number of Topliss-reactive ketones (excluding diaryl/α,β-unsaturated/α-hetero) is 1. The lowest BCUT2D eigenvalue weighted by Gasteiger charge is -2.19. The third-order valence-corrected chi connectivity index (χ3v) is 2.26. The van der Waals surface area contributed by atoms with Crippen molar-refractivity contribution in [3.63, 3.8) is 0 Å². The molecule has 0 saturated heterocycles. The predicted molar refractivity (Wildman–Crippen MR) is 63.2 cm³/mol. The highest BCUT2D eigenvalue weighted by Crippen LogP contribution is 2.05. The van der Waals surface area contributed by atoms with Crippen molar-refractivity contribution in [2.24, 2.45) is 11.8 Å². The van der Waals surface area contributed by atoms with E-state index >= 15 is 0 Å². The van der Waals surface area contributed by atoms with Gasteiger partial charge in [0.25, 0.3) is 5.91 Å². The van der Waals surface area contributed by atoms with Gasteiger partial charge in [0.15, 0.2) is 0 Å². The fraction of sp³-hybridized carbons (Fsp3) is 0.750. The second-order valence-electron chi connectivity index (χ2n) is 4.74. The van der Waals surface area contributed by atoms with Gasteiger partial charge < -0.3 is 10.1 Å². The van der Waals surface area contributed by atoms with Gasteiger partial charge in [0, 0.05) is 6.42 Å². The van der Waals surface area contributed by atoms with E-state index in [1.165, 1.54) is 7.11 Å². The lowest BCUT2D eigenvalue weighted by molar-refractivity contribution is -0.147. The number of carbonyl (C=O) groups is 3. The van der Waals surface area contributed by atoms with Crippen LogP contribution >= 0.6 is 0 Å². The molecule has 0 fully saturated rings. The van der Waals surface area contributed by atoms with Crippen LogP contribution in [0.25, 0.3) is 0 Å². The van der Waals surface area contributed by atoms with E-state index in [0.717, 1.165) is 0 Å². The molecule has 1 amide bonds. The molecule has 0 heterocycles. The molecule has 5 heteroatoms. The van der Waals surface area contributed by atoms with Crippen molar-refractivity contribution < 1.29 is 19.1 Å². The molecule has 98 valence electrons. The Morgan fingerprint density at radius 1 is 1.12 bits per heavy atom. The topological polar surface area (TPSA) is 72.5 Å². The summed E-state index contributed by atoms with van der Waals surface area (Å²) in [6, 6.07) is -0.774. The molecule has 0 bridgehead atoms. The van der Waals surface area contributed by atoms with Crippen LogP contribution in [0.15, 0.2) is 0 Å². The number of methoxy groups -OCH3 is 1. The highest BCUT2D eigenvalue weighted by Gasteiger charge is 2.27. The van der Waals surface area contributed by atoms with Crippen LogP contribution in [0.2, 0.25) is 0 Å². The van der Waals surface area contributed by atoms with Crippen molar-refractivity contribution in [3.8, 4) is 0 Å². The number of nitrogens with one attached hydrogen (secondary N) is 1. The van der Waals surface area contributed by atoms with Crippen molar-refractivity contribution in [1.82, 2.24) is 5.32 Å².